The molecule has 5 heteroatoms. The van der Waals surface area contributed by atoms with Gasteiger partial charge in [0.25, 0.3) is 0 Å². The molecule has 1 heterocycles. The van der Waals surface area contributed by atoms with Crippen LogP contribution < -0.4 is 5.32 Å². The zero-order valence-corrected chi connectivity index (χ0v) is 13.0. The maximum absolute atomic E-state index is 11.6. The van der Waals surface area contributed by atoms with Gasteiger partial charge in [-0.15, -0.1) is 0 Å². The van der Waals surface area contributed by atoms with Crippen molar-refractivity contribution in [2.75, 3.05) is 14.2 Å². The van der Waals surface area contributed by atoms with Gasteiger partial charge in [-0.2, -0.15) is 0 Å². The van der Waals surface area contributed by atoms with Gasteiger partial charge in [0, 0.05) is 6.20 Å². The summed E-state index contributed by atoms with van der Waals surface area (Å²) in [5, 5.41) is 3.12. The second-order valence-electron chi connectivity index (χ2n) is 5.40. The van der Waals surface area contributed by atoms with E-state index in [2.05, 4.69) is 17.2 Å². The standard InChI is InChI=1S/C10H19NO2.C6H5NO/c1-8-5-4-6-10(7-8,11-2)9(12)13-3;8-5-6-3-1-2-4-7-6/h8,11H,4-7H2,1-3H3;1-5H. The predicted octanol–water partition coefficient (Wildman–Crippen LogP) is 2.22. The molecule has 0 spiro atoms. The molecule has 1 aromatic rings. The van der Waals surface area contributed by atoms with E-state index in [4.69, 9.17) is 4.74 Å². The highest BCUT2D eigenvalue weighted by Gasteiger charge is 2.41. The van der Waals surface area contributed by atoms with Crippen molar-refractivity contribution in [3.05, 3.63) is 30.1 Å². The molecular weight excluding hydrogens is 268 g/mol. The van der Waals surface area contributed by atoms with E-state index in [-0.39, 0.29) is 5.97 Å². The van der Waals surface area contributed by atoms with Gasteiger partial charge in [-0.1, -0.05) is 25.8 Å². The lowest BCUT2D eigenvalue weighted by atomic mass is 9.76. The van der Waals surface area contributed by atoms with E-state index < -0.39 is 5.54 Å². The number of aromatic nitrogens is 1. The molecule has 5 nitrogen and oxygen atoms in total. The van der Waals surface area contributed by atoms with Crippen LogP contribution in [0.4, 0.5) is 0 Å². The molecule has 1 aliphatic rings. The maximum atomic E-state index is 11.6. The molecule has 1 N–H and O–H groups in total. The van der Waals surface area contributed by atoms with Gasteiger partial charge >= 0.3 is 5.97 Å². The number of hydrogen-bond acceptors (Lipinski definition) is 5. The third-order valence-electron chi connectivity index (χ3n) is 3.86. The van der Waals surface area contributed by atoms with Gasteiger partial charge in [0.05, 0.1) is 7.11 Å². The van der Waals surface area contributed by atoms with Crippen LogP contribution in [0.1, 0.15) is 43.1 Å². The number of carbonyl (C=O) groups excluding carboxylic acids is 2. The van der Waals surface area contributed by atoms with Crippen LogP contribution in [0.3, 0.4) is 0 Å². The lowest BCUT2D eigenvalue weighted by Crippen LogP contribution is -2.53. The third kappa shape index (κ3) is 4.93. The number of esters is 1. The van der Waals surface area contributed by atoms with Crippen molar-refractivity contribution in [3.63, 3.8) is 0 Å². The molecule has 0 aromatic carbocycles. The van der Waals surface area contributed by atoms with Gasteiger partial charge in [-0.05, 0) is 37.9 Å². The number of carbonyl (C=O) groups is 2. The highest BCUT2D eigenvalue weighted by Crippen LogP contribution is 2.32. The van der Waals surface area contributed by atoms with Gasteiger partial charge < -0.3 is 10.1 Å². The van der Waals surface area contributed by atoms with Gasteiger partial charge in [0.15, 0.2) is 6.29 Å². The molecule has 2 rings (SSSR count). The average molecular weight is 292 g/mol. The number of rotatable bonds is 3. The van der Waals surface area contributed by atoms with E-state index in [1.165, 1.54) is 13.5 Å². The van der Waals surface area contributed by atoms with Crippen LogP contribution in [-0.4, -0.2) is 36.9 Å². The summed E-state index contributed by atoms with van der Waals surface area (Å²) in [4.78, 5) is 25.3. The second kappa shape index (κ2) is 8.52. The molecule has 0 bridgehead atoms. The Labute approximate surface area is 126 Å². The van der Waals surface area contributed by atoms with E-state index in [0.717, 1.165) is 25.5 Å². The molecule has 1 aliphatic carbocycles. The van der Waals surface area contributed by atoms with Gasteiger partial charge in [-0.3, -0.25) is 14.6 Å². The van der Waals surface area contributed by atoms with Crippen molar-refractivity contribution < 1.29 is 14.3 Å². The molecule has 0 aliphatic heterocycles. The molecule has 0 radical (unpaired) electrons. The first-order valence-corrected chi connectivity index (χ1v) is 7.21. The Bertz CT molecular complexity index is 450. The first-order chi connectivity index (χ1) is 10.1. The third-order valence-corrected chi connectivity index (χ3v) is 3.86. The van der Waals surface area contributed by atoms with Crippen molar-refractivity contribution in [2.45, 2.75) is 38.1 Å². The van der Waals surface area contributed by atoms with Crippen molar-refractivity contribution in [1.29, 1.82) is 0 Å². The number of aldehydes is 1. The fourth-order valence-electron chi connectivity index (χ4n) is 2.71. The molecule has 21 heavy (non-hydrogen) atoms. The summed E-state index contributed by atoms with van der Waals surface area (Å²) < 4.78 is 4.83. The molecule has 1 fully saturated rings. The smallest absolute Gasteiger partial charge is 0.326 e. The van der Waals surface area contributed by atoms with E-state index in [0.29, 0.717) is 11.6 Å². The molecule has 1 saturated carbocycles. The maximum Gasteiger partial charge on any atom is 0.326 e. The summed E-state index contributed by atoms with van der Waals surface area (Å²) in [7, 11) is 3.30. The minimum absolute atomic E-state index is 0.110. The van der Waals surface area contributed by atoms with Crippen LogP contribution in [0, 0.1) is 5.92 Å². The highest BCUT2D eigenvalue weighted by atomic mass is 16.5. The Hall–Kier alpha value is -1.75. The fraction of sp³-hybridized carbons (Fsp3) is 0.562. The van der Waals surface area contributed by atoms with Gasteiger partial charge in [0.2, 0.25) is 0 Å². The number of hydrogen-bond donors (Lipinski definition) is 1. The second-order valence-corrected chi connectivity index (χ2v) is 5.40. The van der Waals surface area contributed by atoms with E-state index in [1.54, 1.807) is 24.4 Å². The summed E-state index contributed by atoms with van der Waals surface area (Å²) in [6, 6.07) is 5.21. The quantitative estimate of drug-likeness (QED) is 0.683. The van der Waals surface area contributed by atoms with Gasteiger partial charge in [0.1, 0.15) is 11.2 Å². The number of methoxy groups -OCH3 is 1. The zero-order chi connectivity index (χ0) is 15.7. The van der Waals surface area contributed by atoms with Gasteiger partial charge in [-0.25, -0.2) is 0 Å². The average Bonchev–Trinajstić information content (AvgIpc) is 2.55. The SMILES string of the molecule is CNC1(C(=O)OC)CCCC(C)C1.O=Cc1ccccn1. The van der Waals surface area contributed by atoms with Crippen molar-refractivity contribution in [1.82, 2.24) is 10.3 Å². The molecule has 2 atom stereocenters. The molecular formula is C16H24N2O3. The van der Waals surface area contributed by atoms with Crippen LogP contribution in [-0.2, 0) is 9.53 Å². The largest absolute Gasteiger partial charge is 0.468 e. The van der Waals surface area contributed by atoms with Crippen molar-refractivity contribution in [2.24, 2.45) is 5.92 Å². The summed E-state index contributed by atoms with van der Waals surface area (Å²) in [5.41, 5.74) is 0.0689. The fourth-order valence-corrected chi connectivity index (χ4v) is 2.71. The summed E-state index contributed by atoms with van der Waals surface area (Å²) in [6.07, 6.45) is 6.44. The molecule has 1 aromatic heterocycles. The Morgan fingerprint density at radius 1 is 1.52 bits per heavy atom. The summed E-state index contributed by atoms with van der Waals surface area (Å²) >= 11 is 0. The Morgan fingerprint density at radius 3 is 2.71 bits per heavy atom. The summed E-state index contributed by atoms with van der Waals surface area (Å²) in [5.74, 6) is 0.502. The van der Waals surface area contributed by atoms with Crippen molar-refractivity contribution >= 4 is 12.3 Å². The number of ether oxygens (including phenoxy) is 1. The number of likely N-dealkylation sites (N-methyl/N-ethyl adjacent to an activating group) is 1. The monoisotopic (exact) mass is 292 g/mol. The predicted molar refractivity (Wildman–Crippen MR) is 81.1 cm³/mol. The number of nitrogens with zero attached hydrogens (tertiary/aromatic N) is 1. The van der Waals surface area contributed by atoms with E-state index in [1.807, 2.05) is 7.05 Å². The molecule has 0 amide bonds. The highest BCUT2D eigenvalue weighted by molar-refractivity contribution is 5.80. The number of nitrogens with one attached hydrogen (secondary N) is 1. The zero-order valence-electron chi connectivity index (χ0n) is 13.0. The molecule has 2 unspecified atom stereocenters. The molecule has 0 saturated heterocycles. The van der Waals surface area contributed by atoms with E-state index >= 15 is 0 Å². The lowest BCUT2D eigenvalue weighted by Gasteiger charge is -2.37. The topological polar surface area (TPSA) is 68.3 Å². The van der Waals surface area contributed by atoms with Crippen LogP contribution in [0.15, 0.2) is 24.4 Å². The Morgan fingerprint density at radius 2 is 2.29 bits per heavy atom. The minimum Gasteiger partial charge on any atom is -0.468 e. The van der Waals surface area contributed by atoms with Crippen LogP contribution in [0.25, 0.3) is 0 Å². The minimum atomic E-state index is -0.410. The Kier molecular flexibility index (Phi) is 7.02. The van der Waals surface area contributed by atoms with E-state index in [9.17, 15) is 9.59 Å². The number of pyridine rings is 1. The Balaban J connectivity index is 0.000000235. The summed E-state index contributed by atoms with van der Waals surface area (Å²) in [6.45, 7) is 2.19. The first-order valence-electron chi connectivity index (χ1n) is 7.21. The van der Waals surface area contributed by atoms with Crippen LogP contribution in [0.5, 0.6) is 0 Å². The lowest BCUT2D eigenvalue weighted by molar-refractivity contribution is -0.150. The molecule has 116 valence electrons. The van der Waals surface area contributed by atoms with Crippen molar-refractivity contribution in [3.8, 4) is 0 Å². The normalized spacial score (nSPS) is 24.4. The van der Waals surface area contributed by atoms with Crippen LogP contribution >= 0.6 is 0 Å². The van der Waals surface area contributed by atoms with Crippen LogP contribution in [0.2, 0.25) is 0 Å². The first kappa shape index (κ1) is 17.3.